The van der Waals surface area contributed by atoms with Crippen LogP contribution in [0, 0.1) is 0 Å². The van der Waals surface area contributed by atoms with Crippen LogP contribution in [0.1, 0.15) is 5.56 Å². The van der Waals surface area contributed by atoms with Crippen molar-refractivity contribution in [2.45, 2.75) is 6.18 Å². The summed E-state index contributed by atoms with van der Waals surface area (Å²) in [5.41, 5.74) is -0.703. The van der Waals surface area contributed by atoms with Crippen molar-refractivity contribution in [2.24, 2.45) is 0 Å². The molecule has 0 radical (unpaired) electrons. The summed E-state index contributed by atoms with van der Waals surface area (Å²) in [4.78, 5) is 0. The molecule has 0 aliphatic carbocycles. The van der Waals surface area contributed by atoms with E-state index >= 15 is 0 Å². The standard InChI is InChI=1S/C13H8ClF3O/c14-10-3-7-12(8-4-10)18-11-5-1-9(2-6-11)13(15,16)17/h1-8H. The molecule has 0 bridgehead atoms. The van der Waals surface area contributed by atoms with E-state index in [9.17, 15) is 13.2 Å². The number of benzene rings is 2. The molecule has 0 aliphatic rings. The quantitative estimate of drug-likeness (QED) is 0.734. The molecule has 94 valence electrons. The van der Waals surface area contributed by atoms with Crippen molar-refractivity contribution >= 4 is 11.6 Å². The Kier molecular flexibility index (Phi) is 3.48. The monoisotopic (exact) mass is 272 g/mol. The normalized spacial score (nSPS) is 11.3. The first-order valence-electron chi connectivity index (χ1n) is 5.06. The summed E-state index contributed by atoms with van der Waals surface area (Å²) in [7, 11) is 0. The summed E-state index contributed by atoms with van der Waals surface area (Å²) in [6, 6.07) is 11.1. The van der Waals surface area contributed by atoms with Crippen molar-refractivity contribution in [3.63, 3.8) is 0 Å². The number of alkyl halides is 3. The second-order valence-corrected chi connectivity index (χ2v) is 4.01. The summed E-state index contributed by atoms with van der Waals surface area (Å²) in [6.45, 7) is 0. The first-order valence-corrected chi connectivity index (χ1v) is 5.43. The molecule has 0 aromatic heterocycles. The fraction of sp³-hybridized carbons (Fsp3) is 0.0769. The maximum Gasteiger partial charge on any atom is 0.416 e. The summed E-state index contributed by atoms with van der Waals surface area (Å²) < 4.78 is 42.4. The van der Waals surface area contributed by atoms with Crippen LogP contribution in [0.2, 0.25) is 5.02 Å². The summed E-state index contributed by atoms with van der Waals surface area (Å²) in [6.07, 6.45) is -4.33. The third-order valence-electron chi connectivity index (χ3n) is 2.23. The van der Waals surface area contributed by atoms with Crippen LogP contribution in [0.15, 0.2) is 48.5 Å². The van der Waals surface area contributed by atoms with Gasteiger partial charge in [0.1, 0.15) is 11.5 Å². The summed E-state index contributed by atoms with van der Waals surface area (Å²) in [5, 5.41) is 0.565. The molecule has 0 amide bonds. The average Bonchev–Trinajstić information content (AvgIpc) is 2.32. The number of halogens is 4. The van der Waals surface area contributed by atoms with E-state index in [-0.39, 0.29) is 0 Å². The van der Waals surface area contributed by atoms with Crippen molar-refractivity contribution < 1.29 is 17.9 Å². The molecule has 1 nitrogen and oxygen atoms in total. The molecule has 2 aromatic carbocycles. The Bertz CT molecular complexity index is 517. The fourth-order valence-electron chi connectivity index (χ4n) is 1.35. The molecule has 2 aromatic rings. The van der Waals surface area contributed by atoms with Gasteiger partial charge in [0.15, 0.2) is 0 Å². The maximum atomic E-state index is 12.3. The van der Waals surface area contributed by atoms with Crippen LogP contribution >= 0.6 is 11.6 Å². The fourth-order valence-corrected chi connectivity index (χ4v) is 1.48. The van der Waals surface area contributed by atoms with Crippen LogP contribution in [-0.2, 0) is 6.18 Å². The molecule has 18 heavy (non-hydrogen) atoms. The van der Waals surface area contributed by atoms with Crippen LogP contribution in [0.3, 0.4) is 0 Å². The molecular weight excluding hydrogens is 265 g/mol. The van der Waals surface area contributed by atoms with Crippen molar-refractivity contribution in [3.05, 3.63) is 59.1 Å². The lowest BCUT2D eigenvalue weighted by molar-refractivity contribution is -0.137. The highest BCUT2D eigenvalue weighted by molar-refractivity contribution is 6.30. The highest BCUT2D eigenvalue weighted by atomic mass is 35.5. The molecule has 0 saturated heterocycles. The molecule has 5 heteroatoms. The predicted octanol–water partition coefficient (Wildman–Crippen LogP) is 5.15. The van der Waals surface area contributed by atoms with E-state index in [1.165, 1.54) is 12.1 Å². The van der Waals surface area contributed by atoms with Gasteiger partial charge in [-0.2, -0.15) is 13.2 Å². The maximum absolute atomic E-state index is 12.3. The van der Waals surface area contributed by atoms with Crippen molar-refractivity contribution in [2.75, 3.05) is 0 Å². The largest absolute Gasteiger partial charge is 0.457 e. The molecule has 0 saturated carbocycles. The first kappa shape index (κ1) is 12.8. The zero-order valence-corrected chi connectivity index (χ0v) is 9.79. The second kappa shape index (κ2) is 4.90. The van der Waals surface area contributed by atoms with Crippen LogP contribution in [-0.4, -0.2) is 0 Å². The van der Waals surface area contributed by atoms with Gasteiger partial charge < -0.3 is 4.74 Å². The van der Waals surface area contributed by atoms with E-state index in [1.54, 1.807) is 24.3 Å². The molecule has 0 atom stereocenters. The van der Waals surface area contributed by atoms with Crippen molar-refractivity contribution in [3.8, 4) is 11.5 Å². The lowest BCUT2D eigenvalue weighted by Crippen LogP contribution is -2.03. The Morgan fingerprint density at radius 1 is 0.778 bits per heavy atom. The van der Waals surface area contributed by atoms with Gasteiger partial charge in [-0.15, -0.1) is 0 Å². The van der Waals surface area contributed by atoms with Crippen LogP contribution < -0.4 is 4.74 Å². The Balaban J connectivity index is 2.13. The Morgan fingerprint density at radius 3 is 1.67 bits per heavy atom. The number of hydrogen-bond acceptors (Lipinski definition) is 1. The number of ether oxygens (including phenoxy) is 1. The third-order valence-corrected chi connectivity index (χ3v) is 2.48. The average molecular weight is 273 g/mol. The van der Waals surface area contributed by atoms with E-state index in [4.69, 9.17) is 16.3 Å². The van der Waals surface area contributed by atoms with E-state index in [0.717, 1.165) is 12.1 Å². The van der Waals surface area contributed by atoms with Crippen molar-refractivity contribution in [1.82, 2.24) is 0 Å². The van der Waals surface area contributed by atoms with Gasteiger partial charge >= 0.3 is 6.18 Å². The van der Waals surface area contributed by atoms with Crippen LogP contribution in [0.5, 0.6) is 11.5 Å². The zero-order chi connectivity index (χ0) is 13.2. The summed E-state index contributed by atoms with van der Waals surface area (Å²) in [5.74, 6) is 0.851. The highest BCUT2D eigenvalue weighted by Crippen LogP contribution is 2.31. The van der Waals surface area contributed by atoms with Crippen LogP contribution in [0.4, 0.5) is 13.2 Å². The van der Waals surface area contributed by atoms with E-state index in [0.29, 0.717) is 16.5 Å². The van der Waals surface area contributed by atoms with Gasteiger partial charge in [0.2, 0.25) is 0 Å². The lowest BCUT2D eigenvalue weighted by atomic mass is 10.2. The van der Waals surface area contributed by atoms with Gasteiger partial charge in [0.25, 0.3) is 0 Å². The molecule has 0 aliphatic heterocycles. The Hall–Kier alpha value is -1.68. The zero-order valence-electron chi connectivity index (χ0n) is 9.04. The predicted molar refractivity (Wildman–Crippen MR) is 63.0 cm³/mol. The number of hydrogen-bond donors (Lipinski definition) is 0. The molecule has 0 N–H and O–H groups in total. The van der Waals surface area contributed by atoms with E-state index in [2.05, 4.69) is 0 Å². The van der Waals surface area contributed by atoms with Crippen LogP contribution in [0.25, 0.3) is 0 Å². The summed E-state index contributed by atoms with van der Waals surface area (Å²) >= 11 is 5.71. The second-order valence-electron chi connectivity index (χ2n) is 3.58. The molecule has 0 fully saturated rings. The van der Waals surface area contributed by atoms with E-state index < -0.39 is 11.7 Å². The molecule has 0 unspecified atom stereocenters. The Labute approximate surface area is 107 Å². The van der Waals surface area contributed by atoms with Gasteiger partial charge in [-0.1, -0.05) is 11.6 Å². The van der Waals surface area contributed by atoms with Gasteiger partial charge in [-0.05, 0) is 48.5 Å². The lowest BCUT2D eigenvalue weighted by Gasteiger charge is -2.08. The molecule has 0 spiro atoms. The highest BCUT2D eigenvalue weighted by Gasteiger charge is 2.29. The molecule has 0 heterocycles. The van der Waals surface area contributed by atoms with E-state index in [1.807, 2.05) is 0 Å². The number of rotatable bonds is 2. The molecule has 2 rings (SSSR count). The first-order chi connectivity index (χ1) is 8.45. The minimum atomic E-state index is -4.33. The minimum Gasteiger partial charge on any atom is -0.457 e. The topological polar surface area (TPSA) is 9.23 Å². The SMILES string of the molecule is FC(F)(F)c1ccc(Oc2ccc(Cl)cc2)cc1. The minimum absolute atomic E-state index is 0.338. The third kappa shape index (κ3) is 3.17. The van der Waals surface area contributed by atoms with Gasteiger partial charge in [-0.3, -0.25) is 0 Å². The smallest absolute Gasteiger partial charge is 0.416 e. The Morgan fingerprint density at radius 2 is 1.22 bits per heavy atom. The van der Waals surface area contributed by atoms with Gasteiger partial charge in [-0.25, -0.2) is 0 Å². The van der Waals surface area contributed by atoms with Crippen molar-refractivity contribution in [1.29, 1.82) is 0 Å². The van der Waals surface area contributed by atoms with Gasteiger partial charge in [0, 0.05) is 5.02 Å². The molecular formula is C13H8ClF3O. The van der Waals surface area contributed by atoms with Gasteiger partial charge in [0.05, 0.1) is 5.56 Å².